The number of anilines is 1. The van der Waals surface area contributed by atoms with Crippen molar-refractivity contribution in [2.24, 2.45) is 5.11 Å². The number of rotatable bonds is 4. The normalized spacial score (nSPS) is 9.06. The molecule has 2 N–H and O–H groups in total. The van der Waals surface area contributed by atoms with E-state index >= 15 is 0 Å². The molecule has 0 heterocycles. The Bertz CT molecular complexity index is 416. The molecule has 0 saturated heterocycles. The van der Waals surface area contributed by atoms with Gasteiger partial charge in [0.2, 0.25) is 0 Å². The van der Waals surface area contributed by atoms with E-state index in [1.165, 1.54) is 0 Å². The summed E-state index contributed by atoms with van der Waals surface area (Å²) in [5.74, 6) is 0. The third kappa shape index (κ3) is 4.08. The Morgan fingerprint density at radius 1 is 1.50 bits per heavy atom. The van der Waals surface area contributed by atoms with Gasteiger partial charge in [0.15, 0.2) is 0 Å². The lowest BCUT2D eigenvalue weighted by Gasteiger charge is -2.07. The fourth-order valence-electron chi connectivity index (χ4n) is 0.993. The lowest BCUT2D eigenvalue weighted by atomic mass is 10.3. The van der Waals surface area contributed by atoms with Gasteiger partial charge in [0, 0.05) is 18.0 Å². The first-order valence-electron chi connectivity index (χ1n) is 4.54. The number of hydrogen-bond donors (Lipinski definition) is 2. The summed E-state index contributed by atoms with van der Waals surface area (Å²) < 4.78 is 0. The predicted octanol–water partition coefficient (Wildman–Crippen LogP) is 2.77. The summed E-state index contributed by atoms with van der Waals surface area (Å²) in [5.41, 5.74) is 8.55. The molecule has 1 aromatic carbocycles. The number of halogens is 1. The molecule has 0 radical (unpaired) electrons. The molecule has 0 aliphatic rings. The van der Waals surface area contributed by atoms with Crippen LogP contribution in [0.15, 0.2) is 29.4 Å². The van der Waals surface area contributed by atoms with Crippen LogP contribution in [0.25, 0.3) is 10.4 Å². The third-order valence-corrected chi connectivity index (χ3v) is 2.01. The van der Waals surface area contributed by atoms with Gasteiger partial charge in [-0.05, 0) is 17.7 Å². The van der Waals surface area contributed by atoms with Crippen molar-refractivity contribution in [3.05, 3.63) is 39.7 Å². The minimum atomic E-state index is -0.388. The molecule has 0 atom stereocenters. The number of azide groups is 1. The van der Waals surface area contributed by atoms with Gasteiger partial charge in [-0.25, -0.2) is 4.79 Å². The maximum absolute atomic E-state index is 11.3. The largest absolute Gasteiger partial charge is 0.338 e. The van der Waals surface area contributed by atoms with Gasteiger partial charge in [0.1, 0.15) is 0 Å². The van der Waals surface area contributed by atoms with E-state index in [1.807, 2.05) is 0 Å². The molecule has 7 heteroatoms. The Hall–Kier alpha value is -1.91. The second-order valence-electron chi connectivity index (χ2n) is 2.82. The molecule has 0 spiro atoms. The number of benzene rings is 1. The summed E-state index contributed by atoms with van der Waals surface area (Å²) in [6.45, 7) is 0.493. The van der Waals surface area contributed by atoms with Gasteiger partial charge in [-0.1, -0.05) is 28.8 Å². The van der Waals surface area contributed by atoms with Gasteiger partial charge in [-0.3, -0.25) is 0 Å². The van der Waals surface area contributed by atoms with Gasteiger partial charge in [0.25, 0.3) is 0 Å². The van der Waals surface area contributed by atoms with Crippen LogP contribution in [0.3, 0.4) is 0 Å². The average molecular weight is 240 g/mol. The first-order chi connectivity index (χ1) is 7.74. The zero-order valence-corrected chi connectivity index (χ0v) is 9.11. The second-order valence-corrected chi connectivity index (χ2v) is 3.22. The standard InChI is InChI=1S/C9H10ClN5O/c10-7-3-1-2-4-8(7)14-9(16)12-5-6-13-15-11/h1-4H,5-6H2,(H2,12,14,16). The fourth-order valence-corrected chi connectivity index (χ4v) is 1.18. The first-order valence-corrected chi connectivity index (χ1v) is 4.92. The average Bonchev–Trinajstić information content (AvgIpc) is 2.28. The van der Waals surface area contributed by atoms with E-state index in [0.717, 1.165) is 0 Å². The monoisotopic (exact) mass is 239 g/mol. The van der Waals surface area contributed by atoms with E-state index in [2.05, 4.69) is 20.7 Å². The van der Waals surface area contributed by atoms with Crippen molar-refractivity contribution in [1.29, 1.82) is 0 Å². The SMILES string of the molecule is [N-]=[N+]=NCCNC(=O)Nc1ccccc1Cl. The molecule has 1 aromatic rings. The molecular formula is C9H10ClN5O. The second kappa shape index (κ2) is 6.55. The van der Waals surface area contributed by atoms with Crippen LogP contribution in [-0.2, 0) is 0 Å². The van der Waals surface area contributed by atoms with Crippen molar-refractivity contribution in [3.8, 4) is 0 Å². The fraction of sp³-hybridized carbons (Fsp3) is 0.222. The van der Waals surface area contributed by atoms with Crippen molar-refractivity contribution >= 4 is 23.3 Å². The lowest BCUT2D eigenvalue weighted by Crippen LogP contribution is -2.30. The Labute approximate surface area is 97.2 Å². The highest BCUT2D eigenvalue weighted by Gasteiger charge is 2.03. The topological polar surface area (TPSA) is 89.9 Å². The number of hydrogen-bond acceptors (Lipinski definition) is 2. The van der Waals surface area contributed by atoms with E-state index in [1.54, 1.807) is 24.3 Å². The number of nitrogens with zero attached hydrogens (tertiary/aromatic N) is 3. The minimum absolute atomic E-state index is 0.215. The summed E-state index contributed by atoms with van der Waals surface area (Å²) in [5, 5.41) is 8.84. The van der Waals surface area contributed by atoms with E-state index in [4.69, 9.17) is 17.1 Å². The van der Waals surface area contributed by atoms with Crippen LogP contribution in [-0.4, -0.2) is 19.1 Å². The van der Waals surface area contributed by atoms with Gasteiger partial charge >= 0.3 is 6.03 Å². The molecule has 0 aromatic heterocycles. The van der Waals surface area contributed by atoms with Crippen LogP contribution in [0.2, 0.25) is 5.02 Å². The van der Waals surface area contributed by atoms with Crippen molar-refractivity contribution in [2.75, 3.05) is 18.4 Å². The number of urea groups is 1. The van der Waals surface area contributed by atoms with Crippen LogP contribution in [0.5, 0.6) is 0 Å². The molecule has 0 bridgehead atoms. The number of carbonyl (C=O) groups is 1. The number of para-hydroxylation sites is 1. The number of amides is 2. The van der Waals surface area contributed by atoms with Crippen LogP contribution >= 0.6 is 11.6 Å². The maximum Gasteiger partial charge on any atom is 0.319 e. The third-order valence-electron chi connectivity index (χ3n) is 1.68. The summed E-state index contributed by atoms with van der Waals surface area (Å²) in [6, 6.07) is 6.52. The number of nitrogens with one attached hydrogen (secondary N) is 2. The summed E-state index contributed by atoms with van der Waals surface area (Å²) in [7, 11) is 0. The van der Waals surface area contributed by atoms with Crippen molar-refractivity contribution in [3.63, 3.8) is 0 Å². The summed E-state index contributed by atoms with van der Waals surface area (Å²) in [6.07, 6.45) is 0. The summed E-state index contributed by atoms with van der Waals surface area (Å²) >= 11 is 5.84. The Morgan fingerprint density at radius 3 is 2.94 bits per heavy atom. The molecule has 0 aliphatic carbocycles. The minimum Gasteiger partial charge on any atom is -0.338 e. The molecule has 84 valence electrons. The zero-order chi connectivity index (χ0) is 11.8. The Morgan fingerprint density at radius 2 is 2.25 bits per heavy atom. The van der Waals surface area contributed by atoms with Gasteiger partial charge in [-0.15, -0.1) is 0 Å². The lowest BCUT2D eigenvalue weighted by molar-refractivity contribution is 0.252. The zero-order valence-electron chi connectivity index (χ0n) is 8.35. The molecule has 0 saturated carbocycles. The molecule has 2 amide bonds. The quantitative estimate of drug-likeness (QED) is 0.360. The summed E-state index contributed by atoms with van der Waals surface area (Å²) in [4.78, 5) is 13.9. The smallest absolute Gasteiger partial charge is 0.319 e. The van der Waals surface area contributed by atoms with E-state index in [9.17, 15) is 4.79 Å². The van der Waals surface area contributed by atoms with Crippen molar-refractivity contribution in [1.82, 2.24) is 5.32 Å². The van der Waals surface area contributed by atoms with Gasteiger partial charge < -0.3 is 10.6 Å². The molecule has 1 rings (SSSR count). The predicted molar refractivity (Wildman–Crippen MR) is 62.5 cm³/mol. The van der Waals surface area contributed by atoms with Crippen molar-refractivity contribution in [2.45, 2.75) is 0 Å². The Balaban J connectivity index is 2.40. The van der Waals surface area contributed by atoms with Crippen LogP contribution < -0.4 is 10.6 Å². The first kappa shape index (κ1) is 12.2. The van der Waals surface area contributed by atoms with Crippen LogP contribution in [0.4, 0.5) is 10.5 Å². The molecule has 0 fully saturated rings. The molecule has 6 nitrogen and oxygen atoms in total. The van der Waals surface area contributed by atoms with E-state index in [-0.39, 0.29) is 19.1 Å². The van der Waals surface area contributed by atoms with Crippen LogP contribution in [0.1, 0.15) is 0 Å². The highest BCUT2D eigenvalue weighted by atomic mass is 35.5. The molecular weight excluding hydrogens is 230 g/mol. The highest BCUT2D eigenvalue weighted by molar-refractivity contribution is 6.33. The Kier molecular flexibility index (Phi) is 4.98. The van der Waals surface area contributed by atoms with Crippen molar-refractivity contribution < 1.29 is 4.79 Å². The maximum atomic E-state index is 11.3. The molecule has 16 heavy (non-hydrogen) atoms. The van der Waals surface area contributed by atoms with Gasteiger partial charge in [0.05, 0.1) is 10.7 Å². The highest BCUT2D eigenvalue weighted by Crippen LogP contribution is 2.19. The van der Waals surface area contributed by atoms with Crippen LogP contribution in [0, 0.1) is 0 Å². The van der Waals surface area contributed by atoms with Gasteiger partial charge in [-0.2, -0.15) is 0 Å². The molecule has 0 unspecified atom stereocenters. The van der Waals surface area contributed by atoms with E-state index < -0.39 is 0 Å². The van der Waals surface area contributed by atoms with E-state index in [0.29, 0.717) is 10.7 Å². The number of carbonyl (C=O) groups excluding carboxylic acids is 1. The molecule has 0 aliphatic heterocycles.